The fourth-order valence-electron chi connectivity index (χ4n) is 2.94. The van der Waals surface area contributed by atoms with E-state index in [1.54, 1.807) is 41.2 Å². The van der Waals surface area contributed by atoms with Crippen molar-refractivity contribution in [2.45, 2.75) is 38.8 Å². The number of ether oxygens (including phenoxy) is 1. The average Bonchev–Trinajstić information content (AvgIpc) is 3.33. The predicted octanol–water partition coefficient (Wildman–Crippen LogP) is 3.10. The zero-order valence-corrected chi connectivity index (χ0v) is 14.7. The topological polar surface area (TPSA) is 89.0 Å². The molecule has 3 aromatic rings. The van der Waals surface area contributed by atoms with Crippen molar-refractivity contribution < 1.29 is 9.53 Å². The molecule has 7 heteroatoms. The minimum absolute atomic E-state index is 0.0919. The van der Waals surface area contributed by atoms with Gasteiger partial charge in [0.15, 0.2) is 0 Å². The maximum Gasteiger partial charge on any atom is 0.274 e. The molecule has 2 aromatic heterocycles. The quantitative estimate of drug-likeness (QED) is 0.738. The third-order valence-corrected chi connectivity index (χ3v) is 4.31. The summed E-state index contributed by atoms with van der Waals surface area (Å²) in [4.78, 5) is 25.4. The van der Waals surface area contributed by atoms with E-state index in [4.69, 9.17) is 4.74 Å². The first kappa shape index (κ1) is 16.4. The van der Waals surface area contributed by atoms with Gasteiger partial charge < -0.3 is 14.6 Å². The average molecular weight is 352 g/mol. The van der Waals surface area contributed by atoms with E-state index in [1.165, 1.54) is 0 Å². The van der Waals surface area contributed by atoms with Crippen LogP contribution in [0.1, 0.15) is 43.1 Å². The van der Waals surface area contributed by atoms with Gasteiger partial charge in [-0.1, -0.05) is 0 Å². The molecule has 0 radical (unpaired) electrons. The summed E-state index contributed by atoms with van der Waals surface area (Å²) in [5.74, 6) is 0.0714. The van der Waals surface area contributed by atoms with Crippen molar-refractivity contribution in [2.24, 2.45) is 0 Å². The van der Waals surface area contributed by atoms with Crippen LogP contribution >= 0.6 is 0 Å². The van der Waals surface area contributed by atoms with Gasteiger partial charge in [-0.05, 0) is 44.9 Å². The second-order valence-corrected chi connectivity index (χ2v) is 6.79. The lowest BCUT2D eigenvalue weighted by atomic mass is 10.1. The number of nitrogens with one attached hydrogen (secondary N) is 2. The highest BCUT2D eigenvalue weighted by molar-refractivity contribution is 6.08. The fourth-order valence-corrected chi connectivity index (χ4v) is 2.94. The Morgan fingerprint density at radius 2 is 2.19 bits per heavy atom. The third-order valence-electron chi connectivity index (χ3n) is 4.31. The van der Waals surface area contributed by atoms with Crippen molar-refractivity contribution in [3.63, 3.8) is 0 Å². The van der Waals surface area contributed by atoms with Crippen molar-refractivity contribution in [2.75, 3.05) is 5.32 Å². The Morgan fingerprint density at radius 1 is 1.38 bits per heavy atom. The molecule has 1 aliphatic carbocycles. The summed E-state index contributed by atoms with van der Waals surface area (Å²) >= 11 is 0. The highest BCUT2D eigenvalue weighted by atomic mass is 16.5. The Labute approximate surface area is 150 Å². The Kier molecular flexibility index (Phi) is 3.99. The maximum atomic E-state index is 12.9. The lowest BCUT2D eigenvalue weighted by Gasteiger charge is -2.15. The van der Waals surface area contributed by atoms with E-state index >= 15 is 0 Å². The number of anilines is 1. The van der Waals surface area contributed by atoms with E-state index in [1.807, 2.05) is 13.8 Å². The lowest BCUT2D eigenvalue weighted by Crippen LogP contribution is -2.25. The molecule has 26 heavy (non-hydrogen) atoms. The summed E-state index contributed by atoms with van der Waals surface area (Å²) in [6.07, 6.45) is 5.32. The van der Waals surface area contributed by atoms with Crippen LogP contribution in [-0.4, -0.2) is 26.8 Å². The largest absolute Gasteiger partial charge is 0.490 e. The van der Waals surface area contributed by atoms with Crippen molar-refractivity contribution in [3.8, 4) is 5.75 Å². The molecular weight excluding hydrogens is 332 g/mol. The van der Waals surface area contributed by atoms with Crippen molar-refractivity contribution in [1.82, 2.24) is 14.8 Å². The number of aromatic nitrogens is 3. The van der Waals surface area contributed by atoms with E-state index in [2.05, 4.69) is 15.5 Å². The summed E-state index contributed by atoms with van der Waals surface area (Å²) in [6.45, 7) is 3.79. The normalized spacial score (nSPS) is 14.0. The zero-order chi connectivity index (χ0) is 18.3. The first-order valence-electron chi connectivity index (χ1n) is 8.69. The van der Waals surface area contributed by atoms with Gasteiger partial charge in [0.05, 0.1) is 23.4 Å². The number of hydrogen-bond donors (Lipinski definition) is 2. The van der Waals surface area contributed by atoms with Gasteiger partial charge in [0.2, 0.25) is 0 Å². The number of rotatable bonds is 5. The molecule has 4 rings (SSSR count). The maximum absolute atomic E-state index is 12.9. The highest BCUT2D eigenvalue weighted by Crippen LogP contribution is 2.33. The number of carbonyl (C=O) groups is 1. The second-order valence-electron chi connectivity index (χ2n) is 6.79. The van der Waals surface area contributed by atoms with Crippen LogP contribution in [0.2, 0.25) is 0 Å². The molecule has 2 heterocycles. The Bertz CT molecular complexity index is 1030. The number of pyridine rings is 1. The molecule has 7 nitrogen and oxygen atoms in total. The monoisotopic (exact) mass is 352 g/mol. The smallest absolute Gasteiger partial charge is 0.274 e. The highest BCUT2D eigenvalue weighted by Gasteiger charge is 2.25. The first-order chi connectivity index (χ1) is 12.5. The number of aromatic amines is 1. The number of amides is 1. The zero-order valence-electron chi connectivity index (χ0n) is 14.7. The molecule has 0 bridgehead atoms. The SMILES string of the molecule is CC(C)Oc1cc2[nH]ncc2cc1C(=O)Nc1cccn(C2CC2)c1=O. The van der Waals surface area contributed by atoms with Crippen LogP contribution < -0.4 is 15.6 Å². The van der Waals surface area contributed by atoms with E-state index in [0.29, 0.717) is 11.3 Å². The number of fused-ring (bicyclic) bond motifs is 1. The molecule has 2 N–H and O–H groups in total. The number of H-pyrrole nitrogens is 1. The van der Waals surface area contributed by atoms with E-state index in [0.717, 1.165) is 23.7 Å². The Balaban J connectivity index is 1.69. The first-order valence-corrected chi connectivity index (χ1v) is 8.69. The van der Waals surface area contributed by atoms with Crippen LogP contribution in [0.3, 0.4) is 0 Å². The molecule has 1 amide bonds. The van der Waals surface area contributed by atoms with Crippen LogP contribution in [0.5, 0.6) is 5.75 Å². The van der Waals surface area contributed by atoms with Gasteiger partial charge in [0.1, 0.15) is 11.4 Å². The van der Waals surface area contributed by atoms with Gasteiger partial charge in [0.25, 0.3) is 11.5 Å². The molecular formula is C19H20N4O3. The van der Waals surface area contributed by atoms with Gasteiger partial charge in [-0.25, -0.2) is 0 Å². The summed E-state index contributed by atoms with van der Waals surface area (Å²) in [7, 11) is 0. The summed E-state index contributed by atoms with van der Waals surface area (Å²) in [5, 5.41) is 10.4. The summed E-state index contributed by atoms with van der Waals surface area (Å²) < 4.78 is 7.47. The number of hydrogen-bond acceptors (Lipinski definition) is 4. The lowest BCUT2D eigenvalue weighted by molar-refractivity contribution is 0.102. The van der Waals surface area contributed by atoms with Crippen LogP contribution in [0.4, 0.5) is 5.69 Å². The van der Waals surface area contributed by atoms with Gasteiger partial charge in [-0.3, -0.25) is 14.7 Å². The molecule has 0 unspecified atom stereocenters. The molecule has 134 valence electrons. The number of benzene rings is 1. The van der Waals surface area contributed by atoms with E-state index in [9.17, 15) is 9.59 Å². The van der Waals surface area contributed by atoms with Crippen molar-refractivity contribution in [3.05, 3.63) is 52.6 Å². The molecule has 0 spiro atoms. The minimum Gasteiger partial charge on any atom is -0.490 e. The molecule has 1 aromatic carbocycles. The van der Waals surface area contributed by atoms with Crippen LogP contribution in [0.15, 0.2) is 41.5 Å². The molecule has 0 aliphatic heterocycles. The Morgan fingerprint density at radius 3 is 2.92 bits per heavy atom. The van der Waals surface area contributed by atoms with Gasteiger partial charge >= 0.3 is 0 Å². The molecule has 1 saturated carbocycles. The van der Waals surface area contributed by atoms with Gasteiger partial charge in [-0.15, -0.1) is 0 Å². The molecule has 1 fully saturated rings. The van der Waals surface area contributed by atoms with Crippen LogP contribution in [-0.2, 0) is 0 Å². The fraction of sp³-hybridized carbons (Fsp3) is 0.316. The van der Waals surface area contributed by atoms with E-state index < -0.39 is 0 Å². The third kappa shape index (κ3) is 3.08. The molecule has 0 saturated heterocycles. The standard InChI is InChI=1S/C19H20N4O3/c1-11(2)26-17-9-16-12(10-20-22-16)8-14(17)18(24)21-15-4-3-7-23(19(15)25)13-5-6-13/h3-4,7-11,13H,5-6H2,1-2H3,(H,20,22)(H,21,24). The molecule has 0 atom stereocenters. The van der Waals surface area contributed by atoms with Gasteiger partial charge in [0, 0.05) is 23.7 Å². The molecule has 1 aliphatic rings. The summed E-state index contributed by atoms with van der Waals surface area (Å²) in [6, 6.07) is 7.12. The van der Waals surface area contributed by atoms with Crippen molar-refractivity contribution in [1.29, 1.82) is 0 Å². The van der Waals surface area contributed by atoms with Crippen LogP contribution in [0.25, 0.3) is 10.9 Å². The van der Waals surface area contributed by atoms with Crippen LogP contribution in [0, 0.1) is 0 Å². The number of nitrogens with zero attached hydrogens (tertiary/aromatic N) is 2. The van der Waals surface area contributed by atoms with Crippen molar-refractivity contribution >= 4 is 22.5 Å². The number of carbonyl (C=O) groups excluding carboxylic acids is 1. The minimum atomic E-state index is -0.380. The van der Waals surface area contributed by atoms with Gasteiger partial charge in [-0.2, -0.15) is 5.10 Å². The Hall–Kier alpha value is -3.09. The summed E-state index contributed by atoms with van der Waals surface area (Å²) in [5.41, 5.74) is 1.24. The van der Waals surface area contributed by atoms with E-state index in [-0.39, 0.29) is 29.3 Å². The predicted molar refractivity (Wildman–Crippen MR) is 98.8 cm³/mol. The second kappa shape index (κ2) is 6.33.